The molecule has 5 heterocycles. The average molecular weight is 676 g/mol. The molecule has 254 valence electrons. The van der Waals surface area contributed by atoms with Gasteiger partial charge in [-0.2, -0.15) is 13.2 Å². The number of anilines is 2. The maximum absolute atomic E-state index is 13.7. The quantitative estimate of drug-likeness (QED) is 0.288. The van der Waals surface area contributed by atoms with E-state index in [0.717, 1.165) is 31.2 Å². The monoisotopic (exact) mass is 675 g/mol. The first-order valence-corrected chi connectivity index (χ1v) is 16.7. The Kier molecular flexibility index (Phi) is 9.33. The van der Waals surface area contributed by atoms with Crippen molar-refractivity contribution in [1.82, 2.24) is 24.5 Å². The molecule has 11 nitrogen and oxygen atoms in total. The number of hydrogen-bond acceptors (Lipinski definition) is 10. The van der Waals surface area contributed by atoms with Gasteiger partial charge in [0.15, 0.2) is 5.82 Å². The molecule has 1 saturated heterocycles. The van der Waals surface area contributed by atoms with E-state index in [1.54, 1.807) is 30.5 Å². The van der Waals surface area contributed by atoms with E-state index in [9.17, 15) is 28.2 Å². The number of carbonyl (C=O) groups is 1. The number of nitrogens with zero attached hydrogens (tertiary/aromatic N) is 6. The molecule has 47 heavy (non-hydrogen) atoms. The van der Waals surface area contributed by atoms with E-state index in [2.05, 4.69) is 28.6 Å². The summed E-state index contributed by atoms with van der Waals surface area (Å²) in [5.41, 5.74) is -1.57. The van der Waals surface area contributed by atoms with E-state index in [4.69, 9.17) is 14.7 Å². The van der Waals surface area contributed by atoms with Crippen molar-refractivity contribution in [2.24, 2.45) is 11.3 Å². The van der Waals surface area contributed by atoms with E-state index < -0.39 is 17.7 Å². The van der Waals surface area contributed by atoms with Crippen molar-refractivity contribution < 1.29 is 32.9 Å². The van der Waals surface area contributed by atoms with E-state index in [0.29, 0.717) is 47.1 Å². The van der Waals surface area contributed by atoms with Gasteiger partial charge in [0, 0.05) is 49.4 Å². The summed E-state index contributed by atoms with van der Waals surface area (Å²) in [6.07, 6.45) is -0.743. The zero-order valence-electron chi connectivity index (χ0n) is 26.4. The molecule has 2 fully saturated rings. The van der Waals surface area contributed by atoms with Crippen LogP contribution >= 0.6 is 11.9 Å². The van der Waals surface area contributed by atoms with E-state index in [1.165, 1.54) is 4.68 Å². The lowest BCUT2D eigenvalue weighted by atomic mass is 9.93. The summed E-state index contributed by atoms with van der Waals surface area (Å²) >= 11 is 1.08. The highest BCUT2D eigenvalue weighted by Crippen LogP contribution is 2.59. The van der Waals surface area contributed by atoms with Crippen molar-refractivity contribution in [2.45, 2.75) is 75.2 Å². The van der Waals surface area contributed by atoms with Crippen LogP contribution < -0.4 is 19.3 Å². The minimum atomic E-state index is -4.23. The van der Waals surface area contributed by atoms with Crippen LogP contribution in [0.25, 0.3) is 5.82 Å². The van der Waals surface area contributed by atoms with Crippen LogP contribution in [0.5, 0.6) is 5.88 Å². The Balaban J connectivity index is 1.25. The van der Waals surface area contributed by atoms with Crippen molar-refractivity contribution >= 4 is 29.5 Å². The number of ether oxygens (including phenoxy) is 1. The largest absolute Gasteiger partial charge is 0.477 e. The van der Waals surface area contributed by atoms with Gasteiger partial charge in [0.25, 0.3) is 5.91 Å². The van der Waals surface area contributed by atoms with Crippen molar-refractivity contribution in [3.63, 3.8) is 0 Å². The van der Waals surface area contributed by atoms with Crippen LogP contribution in [0.1, 0.15) is 62.7 Å². The second-order valence-electron chi connectivity index (χ2n) is 13.3. The normalized spacial score (nSPS) is 21.3. The van der Waals surface area contributed by atoms with Crippen LogP contribution in [-0.2, 0) is 0 Å². The number of aromatic nitrogens is 4. The first-order chi connectivity index (χ1) is 22.4. The highest BCUT2D eigenvalue weighted by Gasteiger charge is 2.62. The summed E-state index contributed by atoms with van der Waals surface area (Å²) in [6.45, 7) is 5.37. The number of aliphatic hydroxyl groups excluding tert-OH is 2. The number of fused-ring (bicyclic) bond motifs is 6. The van der Waals surface area contributed by atoms with Gasteiger partial charge < -0.3 is 24.7 Å². The summed E-state index contributed by atoms with van der Waals surface area (Å²) in [7, 11) is 0. The molecule has 3 aromatic heterocycles. The average Bonchev–Trinajstić information content (AvgIpc) is 3.59. The molecule has 2 atom stereocenters. The molecule has 0 unspecified atom stereocenters. The lowest BCUT2D eigenvalue weighted by Crippen LogP contribution is -2.40. The topological polar surface area (TPSA) is 129 Å². The molecule has 15 heteroatoms. The van der Waals surface area contributed by atoms with Crippen LogP contribution in [0.2, 0.25) is 0 Å². The van der Waals surface area contributed by atoms with E-state index in [-0.39, 0.29) is 56.3 Å². The molecule has 4 bridgehead atoms. The Bertz CT molecular complexity index is 1580. The van der Waals surface area contributed by atoms with Crippen molar-refractivity contribution in [2.75, 3.05) is 42.6 Å². The predicted octanol–water partition coefficient (Wildman–Crippen LogP) is 4.77. The minimum Gasteiger partial charge on any atom is -0.477 e. The second kappa shape index (κ2) is 13.2. The maximum Gasteiger partial charge on any atom is 0.394 e. The maximum atomic E-state index is 13.7. The molecule has 2 aliphatic heterocycles. The highest BCUT2D eigenvalue weighted by molar-refractivity contribution is 7.97. The number of aliphatic hydroxyl groups is 2. The molecule has 3 aliphatic rings. The summed E-state index contributed by atoms with van der Waals surface area (Å²) in [5, 5.41) is 24.7. The number of halogens is 3. The molecule has 1 saturated carbocycles. The Morgan fingerprint density at radius 2 is 1.96 bits per heavy atom. The molecule has 3 aromatic rings. The fourth-order valence-corrected chi connectivity index (χ4v) is 7.16. The van der Waals surface area contributed by atoms with E-state index in [1.807, 2.05) is 17.0 Å². The van der Waals surface area contributed by atoms with Gasteiger partial charge in [-0.15, -0.1) is 5.10 Å². The highest BCUT2D eigenvalue weighted by atomic mass is 32.2. The van der Waals surface area contributed by atoms with Crippen molar-refractivity contribution in [3.05, 3.63) is 48.2 Å². The molecule has 0 radical (unpaired) electrons. The Morgan fingerprint density at radius 3 is 2.70 bits per heavy atom. The molecule has 0 aromatic carbocycles. The third-order valence-electron chi connectivity index (χ3n) is 9.37. The lowest BCUT2D eigenvalue weighted by molar-refractivity contribution is -0.190. The van der Waals surface area contributed by atoms with Crippen LogP contribution in [0, 0.1) is 11.3 Å². The standard InChI is InChI=1S/C32H40F3N7O4S/c1-30(2)17-21-5-4-14-40(19-22(44)20-43)24-6-3-7-27(36-24)47-39-29(45)23-8-9-25(37-28(23)41(30)18-21)42-15-10-26(38-42)46-16-13-31(11-12-31)32(33,34)35/h3,6-10,15,21-22,43-44H,4-5,11-14,16-20H2,1-2H3,(H,39,45)/t21-,22+/m0/s1. The van der Waals surface area contributed by atoms with Gasteiger partial charge in [-0.25, -0.2) is 14.6 Å². The van der Waals surface area contributed by atoms with Crippen LogP contribution in [0.4, 0.5) is 24.8 Å². The molecule has 6 rings (SSSR count). The lowest BCUT2D eigenvalue weighted by Gasteiger charge is -2.34. The molecule has 0 spiro atoms. The number of rotatable bonds is 8. The van der Waals surface area contributed by atoms with Gasteiger partial charge >= 0.3 is 6.18 Å². The molecular weight excluding hydrogens is 635 g/mol. The summed E-state index contributed by atoms with van der Waals surface area (Å²) in [5.74, 6) is 1.77. The number of pyridine rings is 2. The van der Waals surface area contributed by atoms with Gasteiger partial charge in [-0.1, -0.05) is 6.07 Å². The number of hydrogen-bond donors (Lipinski definition) is 3. The fraction of sp³-hybridized carbons (Fsp3) is 0.562. The van der Waals surface area contributed by atoms with Crippen LogP contribution in [0.15, 0.2) is 47.6 Å². The number of amides is 1. The Labute approximate surface area is 275 Å². The summed E-state index contributed by atoms with van der Waals surface area (Å²) in [4.78, 5) is 27.4. The number of β-amino-alcohol motifs (C(OH)–C–C–N with tert-alkyl or cyclic N) is 1. The van der Waals surface area contributed by atoms with Crippen molar-refractivity contribution in [1.29, 1.82) is 0 Å². The van der Waals surface area contributed by atoms with Crippen LogP contribution in [-0.4, -0.2) is 86.5 Å². The smallest absolute Gasteiger partial charge is 0.394 e. The second-order valence-corrected chi connectivity index (χ2v) is 14.1. The third-order valence-corrected chi connectivity index (χ3v) is 10.1. The summed E-state index contributed by atoms with van der Waals surface area (Å²) < 4.78 is 49.9. The van der Waals surface area contributed by atoms with Crippen molar-refractivity contribution in [3.8, 4) is 11.7 Å². The Morgan fingerprint density at radius 1 is 1.15 bits per heavy atom. The predicted molar refractivity (Wildman–Crippen MR) is 171 cm³/mol. The zero-order valence-corrected chi connectivity index (χ0v) is 27.2. The molecule has 1 aliphatic carbocycles. The van der Waals surface area contributed by atoms with Gasteiger partial charge in [-0.05, 0) is 82.6 Å². The van der Waals surface area contributed by atoms with Crippen LogP contribution in [0.3, 0.4) is 0 Å². The number of nitrogens with one attached hydrogen (secondary N) is 1. The fourth-order valence-electron chi connectivity index (χ4n) is 6.56. The minimum absolute atomic E-state index is 0.0904. The number of carbonyl (C=O) groups excluding carboxylic acids is 1. The molecular formula is C32H40F3N7O4S. The first kappa shape index (κ1) is 33.3. The zero-order chi connectivity index (χ0) is 33.4. The summed E-state index contributed by atoms with van der Waals surface area (Å²) in [6, 6.07) is 10.5. The van der Waals surface area contributed by atoms with Gasteiger partial charge in [-0.3, -0.25) is 9.52 Å². The molecule has 3 N–H and O–H groups in total. The number of alkyl halides is 3. The van der Waals surface area contributed by atoms with Gasteiger partial charge in [0.05, 0.1) is 30.3 Å². The molecule has 1 amide bonds. The third kappa shape index (κ3) is 7.31. The van der Waals surface area contributed by atoms with Gasteiger partial charge in [0.1, 0.15) is 16.7 Å². The van der Waals surface area contributed by atoms with Gasteiger partial charge in [0.2, 0.25) is 5.88 Å². The van der Waals surface area contributed by atoms with E-state index >= 15 is 0 Å². The Hall–Kier alpha value is -3.56. The first-order valence-electron chi connectivity index (χ1n) is 15.9. The SMILES string of the molecule is CC1(C)C[C@@H]2CCCN(C[C@@H](O)CO)c3cccc(n3)SNC(=O)c3ccc(-n4ccc(OCCC5(C(F)(F)F)CC5)n4)nc3N1C2.